The molecule has 6 nitrogen and oxygen atoms in total. The maximum atomic E-state index is 12.5. The predicted molar refractivity (Wildman–Crippen MR) is 100 cm³/mol. The number of benzene rings is 1. The lowest BCUT2D eigenvalue weighted by Crippen LogP contribution is -2.22. The van der Waals surface area contributed by atoms with E-state index in [9.17, 15) is 4.79 Å². The van der Waals surface area contributed by atoms with E-state index in [0.29, 0.717) is 18.0 Å². The number of methoxy groups -OCH3 is 1. The maximum Gasteiger partial charge on any atom is 0.251 e. The van der Waals surface area contributed by atoms with Crippen molar-refractivity contribution in [2.24, 2.45) is 0 Å². The zero-order valence-corrected chi connectivity index (χ0v) is 15.2. The first-order valence-corrected chi connectivity index (χ1v) is 8.71. The van der Waals surface area contributed by atoms with Crippen molar-refractivity contribution in [1.29, 1.82) is 0 Å². The van der Waals surface area contributed by atoms with Crippen molar-refractivity contribution >= 4 is 16.9 Å². The van der Waals surface area contributed by atoms with Gasteiger partial charge in [-0.1, -0.05) is 13.8 Å². The minimum atomic E-state index is -0.151. The highest BCUT2D eigenvalue weighted by molar-refractivity contribution is 5.97. The minimum Gasteiger partial charge on any atom is -0.481 e. The standard InChI is InChI=1S/C20H22N4O2/c1-4-15-16(5-2)24-18-11-14(6-7-17(18)23-15)20(25)22-12-13-8-9-21-19(10-13)26-3/h6-11H,4-5,12H2,1-3H3,(H,22,25). The Morgan fingerprint density at radius 3 is 2.46 bits per heavy atom. The van der Waals surface area contributed by atoms with E-state index in [4.69, 9.17) is 4.74 Å². The van der Waals surface area contributed by atoms with Crippen molar-refractivity contribution in [3.8, 4) is 5.88 Å². The molecule has 0 fully saturated rings. The Hall–Kier alpha value is -3.02. The van der Waals surface area contributed by atoms with Gasteiger partial charge in [-0.15, -0.1) is 0 Å². The van der Waals surface area contributed by atoms with Crippen molar-refractivity contribution in [2.45, 2.75) is 33.2 Å². The topological polar surface area (TPSA) is 77.0 Å². The van der Waals surface area contributed by atoms with E-state index in [1.807, 2.05) is 12.1 Å². The Labute approximate surface area is 152 Å². The van der Waals surface area contributed by atoms with E-state index in [2.05, 4.69) is 34.1 Å². The number of aromatic nitrogens is 3. The summed E-state index contributed by atoms with van der Waals surface area (Å²) < 4.78 is 5.10. The average molecular weight is 350 g/mol. The average Bonchev–Trinajstić information content (AvgIpc) is 2.70. The molecule has 1 aromatic carbocycles. The second-order valence-corrected chi connectivity index (χ2v) is 5.92. The normalized spacial score (nSPS) is 10.7. The van der Waals surface area contributed by atoms with Crippen LogP contribution in [-0.4, -0.2) is 28.0 Å². The van der Waals surface area contributed by atoms with Gasteiger partial charge in [-0.25, -0.2) is 15.0 Å². The quantitative estimate of drug-likeness (QED) is 0.739. The molecule has 0 saturated heterocycles. The molecule has 1 N–H and O–H groups in total. The lowest BCUT2D eigenvalue weighted by molar-refractivity contribution is 0.0951. The summed E-state index contributed by atoms with van der Waals surface area (Å²) >= 11 is 0. The number of ether oxygens (including phenoxy) is 1. The van der Waals surface area contributed by atoms with E-state index in [1.54, 1.807) is 31.5 Å². The van der Waals surface area contributed by atoms with E-state index >= 15 is 0 Å². The second kappa shape index (κ2) is 7.91. The Kier molecular flexibility index (Phi) is 5.41. The van der Waals surface area contributed by atoms with E-state index in [1.165, 1.54) is 0 Å². The largest absolute Gasteiger partial charge is 0.481 e. The number of fused-ring (bicyclic) bond motifs is 1. The van der Waals surface area contributed by atoms with Crippen LogP contribution in [0.1, 0.15) is 41.2 Å². The van der Waals surface area contributed by atoms with Crippen LogP contribution >= 0.6 is 0 Å². The predicted octanol–water partition coefficient (Wildman–Crippen LogP) is 3.09. The van der Waals surface area contributed by atoms with Gasteiger partial charge in [-0.05, 0) is 42.7 Å². The highest BCUT2D eigenvalue weighted by atomic mass is 16.5. The van der Waals surface area contributed by atoms with Gasteiger partial charge in [0.25, 0.3) is 5.91 Å². The SMILES string of the molecule is CCc1nc2ccc(C(=O)NCc3ccnc(OC)c3)cc2nc1CC. The Bertz CT molecular complexity index is 940. The molecular formula is C20H22N4O2. The molecule has 0 aliphatic heterocycles. The van der Waals surface area contributed by atoms with Gasteiger partial charge in [0.1, 0.15) is 0 Å². The molecule has 26 heavy (non-hydrogen) atoms. The Morgan fingerprint density at radius 2 is 1.77 bits per heavy atom. The third-order valence-corrected chi connectivity index (χ3v) is 4.21. The molecule has 0 spiro atoms. The molecule has 2 heterocycles. The number of aryl methyl sites for hydroxylation is 2. The summed E-state index contributed by atoms with van der Waals surface area (Å²) in [6.07, 6.45) is 3.33. The summed E-state index contributed by atoms with van der Waals surface area (Å²) in [4.78, 5) is 25.9. The first kappa shape index (κ1) is 17.8. The highest BCUT2D eigenvalue weighted by Gasteiger charge is 2.10. The third kappa shape index (κ3) is 3.79. The Morgan fingerprint density at radius 1 is 1.04 bits per heavy atom. The van der Waals surface area contributed by atoms with Crippen molar-refractivity contribution in [1.82, 2.24) is 20.3 Å². The number of carbonyl (C=O) groups excluding carboxylic acids is 1. The van der Waals surface area contributed by atoms with Crippen LogP contribution in [0.2, 0.25) is 0 Å². The van der Waals surface area contributed by atoms with Crippen molar-refractivity contribution in [3.63, 3.8) is 0 Å². The van der Waals surface area contributed by atoms with Gasteiger partial charge in [0.15, 0.2) is 0 Å². The molecule has 3 aromatic rings. The van der Waals surface area contributed by atoms with Gasteiger partial charge in [-0.3, -0.25) is 4.79 Å². The minimum absolute atomic E-state index is 0.151. The van der Waals surface area contributed by atoms with Gasteiger partial charge >= 0.3 is 0 Å². The zero-order valence-electron chi connectivity index (χ0n) is 15.2. The van der Waals surface area contributed by atoms with Crippen molar-refractivity contribution in [2.75, 3.05) is 7.11 Å². The number of amides is 1. The zero-order chi connectivity index (χ0) is 18.5. The lowest BCUT2D eigenvalue weighted by atomic mass is 10.1. The Balaban J connectivity index is 1.79. The van der Waals surface area contributed by atoms with Crippen molar-refractivity contribution < 1.29 is 9.53 Å². The molecule has 134 valence electrons. The summed E-state index contributed by atoms with van der Waals surface area (Å²) in [5, 5.41) is 2.91. The molecule has 0 saturated carbocycles. The maximum absolute atomic E-state index is 12.5. The number of nitrogens with one attached hydrogen (secondary N) is 1. The van der Waals surface area contributed by atoms with Crippen LogP contribution in [0, 0.1) is 0 Å². The van der Waals surface area contributed by atoms with E-state index in [0.717, 1.165) is 40.8 Å². The summed E-state index contributed by atoms with van der Waals surface area (Å²) in [6.45, 7) is 4.54. The van der Waals surface area contributed by atoms with E-state index < -0.39 is 0 Å². The monoisotopic (exact) mass is 350 g/mol. The fourth-order valence-electron chi connectivity index (χ4n) is 2.79. The van der Waals surface area contributed by atoms with Crippen LogP contribution < -0.4 is 10.1 Å². The number of hydrogen-bond acceptors (Lipinski definition) is 5. The summed E-state index contributed by atoms with van der Waals surface area (Å²) in [7, 11) is 1.56. The fourth-order valence-corrected chi connectivity index (χ4v) is 2.79. The number of rotatable bonds is 6. The second-order valence-electron chi connectivity index (χ2n) is 5.92. The third-order valence-electron chi connectivity index (χ3n) is 4.21. The molecule has 0 bridgehead atoms. The van der Waals surface area contributed by atoms with Crippen LogP contribution in [0.4, 0.5) is 0 Å². The molecule has 1 amide bonds. The van der Waals surface area contributed by atoms with Crippen LogP contribution in [0.15, 0.2) is 36.5 Å². The van der Waals surface area contributed by atoms with Gasteiger partial charge in [-0.2, -0.15) is 0 Å². The molecule has 0 aliphatic rings. The highest BCUT2D eigenvalue weighted by Crippen LogP contribution is 2.16. The lowest BCUT2D eigenvalue weighted by Gasteiger charge is -2.09. The van der Waals surface area contributed by atoms with Crippen LogP contribution in [0.5, 0.6) is 5.88 Å². The number of nitrogens with zero attached hydrogens (tertiary/aromatic N) is 3. The van der Waals surface area contributed by atoms with Gasteiger partial charge in [0, 0.05) is 24.4 Å². The van der Waals surface area contributed by atoms with Gasteiger partial charge in [0.05, 0.1) is 29.5 Å². The molecule has 2 aromatic heterocycles. The first-order valence-electron chi connectivity index (χ1n) is 8.71. The summed E-state index contributed by atoms with van der Waals surface area (Å²) in [5.74, 6) is 0.374. The van der Waals surface area contributed by atoms with Crippen LogP contribution in [0.25, 0.3) is 11.0 Å². The van der Waals surface area contributed by atoms with Crippen molar-refractivity contribution in [3.05, 3.63) is 59.0 Å². The number of hydrogen-bond donors (Lipinski definition) is 1. The summed E-state index contributed by atoms with van der Waals surface area (Å²) in [6, 6.07) is 9.07. The number of pyridine rings is 1. The fraction of sp³-hybridized carbons (Fsp3) is 0.300. The summed E-state index contributed by atoms with van der Waals surface area (Å²) in [5.41, 5.74) is 5.06. The molecule has 0 unspecified atom stereocenters. The molecule has 0 atom stereocenters. The number of carbonyl (C=O) groups is 1. The molecular weight excluding hydrogens is 328 g/mol. The van der Waals surface area contributed by atoms with Crippen LogP contribution in [-0.2, 0) is 19.4 Å². The first-order chi connectivity index (χ1) is 12.6. The van der Waals surface area contributed by atoms with Gasteiger partial charge in [0.2, 0.25) is 5.88 Å². The molecule has 0 aliphatic carbocycles. The molecule has 0 radical (unpaired) electrons. The van der Waals surface area contributed by atoms with Gasteiger partial charge < -0.3 is 10.1 Å². The molecule has 6 heteroatoms. The van der Waals surface area contributed by atoms with Crippen LogP contribution in [0.3, 0.4) is 0 Å². The smallest absolute Gasteiger partial charge is 0.251 e. The molecule has 3 rings (SSSR count). The van der Waals surface area contributed by atoms with E-state index in [-0.39, 0.29) is 5.91 Å².